The second kappa shape index (κ2) is 8.01. The Bertz CT molecular complexity index is 999. The molecule has 0 aliphatic heterocycles. The van der Waals surface area contributed by atoms with Crippen LogP contribution in [-0.2, 0) is 25.6 Å². The van der Waals surface area contributed by atoms with Gasteiger partial charge in [0.15, 0.2) is 0 Å². The number of thiophene rings is 1. The summed E-state index contributed by atoms with van der Waals surface area (Å²) in [6.07, 6.45) is -2.49. The van der Waals surface area contributed by atoms with Gasteiger partial charge in [0.05, 0.1) is 11.1 Å². The molecule has 0 saturated carbocycles. The number of aromatic carboxylic acids is 1. The number of carboxylic acid groups (broad SMARTS) is 1. The van der Waals surface area contributed by atoms with E-state index in [1.54, 1.807) is 0 Å². The summed E-state index contributed by atoms with van der Waals surface area (Å²) in [7, 11) is 0. The Kier molecular flexibility index (Phi) is 5.94. The smallest absolute Gasteiger partial charge is 0.416 e. The Morgan fingerprint density at radius 2 is 2.00 bits per heavy atom. The van der Waals surface area contributed by atoms with E-state index in [0.29, 0.717) is 18.4 Å². The highest BCUT2D eigenvalue weighted by Gasteiger charge is 2.34. The minimum atomic E-state index is -4.62. The summed E-state index contributed by atoms with van der Waals surface area (Å²) in [6.45, 7) is 4.07. The maximum absolute atomic E-state index is 13.1. The first-order valence-corrected chi connectivity index (χ1v) is 10.1. The molecule has 0 atom stereocenters. The summed E-state index contributed by atoms with van der Waals surface area (Å²) >= 11 is 1.17. The van der Waals surface area contributed by atoms with Crippen LogP contribution >= 0.6 is 11.3 Å². The average molecular weight is 441 g/mol. The fourth-order valence-electron chi connectivity index (χ4n) is 3.63. The van der Waals surface area contributed by atoms with Gasteiger partial charge in [0, 0.05) is 17.0 Å². The Balaban J connectivity index is 2.01. The molecule has 0 spiro atoms. The van der Waals surface area contributed by atoms with Crippen molar-refractivity contribution in [1.82, 2.24) is 5.43 Å². The van der Waals surface area contributed by atoms with Crippen molar-refractivity contribution in [2.24, 2.45) is 11.3 Å². The summed E-state index contributed by atoms with van der Waals surface area (Å²) in [5.74, 6) is 3.30. The zero-order valence-electron chi connectivity index (χ0n) is 16.4. The third-order valence-electron chi connectivity index (χ3n) is 5.19. The van der Waals surface area contributed by atoms with E-state index >= 15 is 0 Å². The molecule has 30 heavy (non-hydrogen) atoms. The van der Waals surface area contributed by atoms with Gasteiger partial charge in [-0.3, -0.25) is 16.1 Å². The number of carbonyl (C=O) groups is 2. The van der Waals surface area contributed by atoms with Crippen molar-refractivity contribution in [3.05, 3.63) is 50.9 Å². The third kappa shape index (κ3) is 4.50. The van der Waals surface area contributed by atoms with Gasteiger partial charge in [0.2, 0.25) is 0 Å². The van der Waals surface area contributed by atoms with E-state index in [0.717, 1.165) is 23.4 Å². The van der Waals surface area contributed by atoms with Crippen LogP contribution in [0.3, 0.4) is 0 Å². The van der Waals surface area contributed by atoms with Gasteiger partial charge in [-0.1, -0.05) is 19.9 Å². The molecule has 0 fully saturated rings. The van der Waals surface area contributed by atoms with Gasteiger partial charge in [0.1, 0.15) is 5.00 Å². The van der Waals surface area contributed by atoms with Crippen molar-refractivity contribution < 1.29 is 27.9 Å². The molecule has 0 unspecified atom stereocenters. The average Bonchev–Trinajstić information content (AvgIpc) is 2.97. The van der Waals surface area contributed by atoms with Crippen LogP contribution in [0.25, 0.3) is 0 Å². The molecule has 5 N–H and O–H groups in total. The molecular formula is C20H22F3N3O3S. The lowest BCUT2D eigenvalue weighted by atomic mass is 9.76. The quantitative estimate of drug-likeness (QED) is 0.411. The second-order valence-corrected chi connectivity index (χ2v) is 9.16. The Morgan fingerprint density at radius 3 is 2.60 bits per heavy atom. The van der Waals surface area contributed by atoms with Crippen LogP contribution in [0, 0.1) is 5.41 Å². The van der Waals surface area contributed by atoms with Crippen LogP contribution in [0.4, 0.5) is 18.2 Å². The molecule has 6 nitrogen and oxygen atoms in total. The highest BCUT2D eigenvalue weighted by Crippen LogP contribution is 2.44. The van der Waals surface area contributed by atoms with Gasteiger partial charge in [-0.2, -0.15) is 13.2 Å². The molecule has 1 amide bonds. The SMILES string of the molecule is CC1(C)CCc2sc(NC(=O)c3cc(C(F)(F)F)ccc3CNN)c(C(=O)O)c2C1. The largest absolute Gasteiger partial charge is 0.478 e. The van der Waals surface area contributed by atoms with Gasteiger partial charge in [-0.15, -0.1) is 11.3 Å². The van der Waals surface area contributed by atoms with E-state index in [2.05, 4.69) is 10.7 Å². The summed E-state index contributed by atoms with van der Waals surface area (Å²) in [6, 6.07) is 2.80. The first kappa shape index (κ1) is 22.3. The predicted molar refractivity (Wildman–Crippen MR) is 108 cm³/mol. The fraction of sp³-hybridized carbons (Fsp3) is 0.400. The van der Waals surface area contributed by atoms with E-state index in [9.17, 15) is 27.9 Å². The molecule has 0 saturated heterocycles. The van der Waals surface area contributed by atoms with E-state index in [4.69, 9.17) is 5.84 Å². The zero-order valence-corrected chi connectivity index (χ0v) is 17.3. The summed E-state index contributed by atoms with van der Waals surface area (Å²) in [5.41, 5.74) is 2.04. The van der Waals surface area contributed by atoms with E-state index in [1.165, 1.54) is 17.4 Å². The number of nitrogens with one attached hydrogen (secondary N) is 2. The lowest BCUT2D eigenvalue weighted by molar-refractivity contribution is -0.137. The Labute approximate surface area is 175 Å². The fourth-order valence-corrected chi connectivity index (χ4v) is 4.84. The lowest BCUT2D eigenvalue weighted by Gasteiger charge is -2.29. The molecule has 0 bridgehead atoms. The first-order valence-electron chi connectivity index (χ1n) is 9.26. The molecule has 1 aliphatic rings. The first-order chi connectivity index (χ1) is 13.9. The molecular weight excluding hydrogens is 419 g/mol. The number of anilines is 1. The zero-order chi connectivity index (χ0) is 22.3. The number of nitrogens with two attached hydrogens (primary N) is 1. The van der Waals surface area contributed by atoms with Crippen molar-refractivity contribution >= 4 is 28.2 Å². The number of hydrogen-bond donors (Lipinski definition) is 4. The monoisotopic (exact) mass is 441 g/mol. The molecule has 1 heterocycles. The van der Waals surface area contributed by atoms with Crippen LogP contribution in [0.1, 0.15) is 62.6 Å². The minimum absolute atomic E-state index is 0.0154. The molecule has 1 aromatic heterocycles. The Hall–Kier alpha value is -2.43. The number of aryl methyl sites for hydroxylation is 1. The van der Waals surface area contributed by atoms with Crippen molar-refractivity contribution in [2.45, 2.75) is 45.8 Å². The molecule has 0 radical (unpaired) electrons. The Morgan fingerprint density at radius 1 is 1.30 bits per heavy atom. The maximum Gasteiger partial charge on any atom is 0.416 e. The van der Waals surface area contributed by atoms with Crippen molar-refractivity contribution in [2.75, 3.05) is 5.32 Å². The number of carbonyl (C=O) groups excluding carboxylic acids is 1. The molecule has 3 rings (SSSR count). The van der Waals surface area contributed by atoms with Gasteiger partial charge in [-0.05, 0) is 47.9 Å². The number of carboxylic acids is 1. The number of alkyl halides is 3. The van der Waals surface area contributed by atoms with Crippen LogP contribution in [0.15, 0.2) is 18.2 Å². The summed E-state index contributed by atoms with van der Waals surface area (Å²) in [5, 5.41) is 12.4. The summed E-state index contributed by atoms with van der Waals surface area (Å²) in [4.78, 5) is 25.7. The maximum atomic E-state index is 13.1. The minimum Gasteiger partial charge on any atom is -0.478 e. The number of fused-ring (bicyclic) bond motifs is 1. The summed E-state index contributed by atoms with van der Waals surface area (Å²) < 4.78 is 39.4. The van der Waals surface area contributed by atoms with Crippen LogP contribution in [0.5, 0.6) is 0 Å². The second-order valence-electron chi connectivity index (χ2n) is 8.06. The predicted octanol–water partition coefficient (Wildman–Crippen LogP) is 4.20. The topological polar surface area (TPSA) is 104 Å². The number of amides is 1. The number of benzene rings is 1. The molecule has 1 aromatic carbocycles. The third-order valence-corrected chi connectivity index (χ3v) is 6.40. The van der Waals surface area contributed by atoms with Crippen LogP contribution in [-0.4, -0.2) is 17.0 Å². The molecule has 10 heteroatoms. The van der Waals surface area contributed by atoms with Gasteiger partial charge < -0.3 is 10.4 Å². The molecule has 2 aromatic rings. The van der Waals surface area contributed by atoms with E-state index in [-0.39, 0.29) is 33.7 Å². The van der Waals surface area contributed by atoms with Crippen molar-refractivity contribution in [3.63, 3.8) is 0 Å². The van der Waals surface area contributed by atoms with Gasteiger partial charge >= 0.3 is 12.1 Å². The normalized spacial score (nSPS) is 15.5. The van der Waals surface area contributed by atoms with Gasteiger partial charge in [-0.25, -0.2) is 4.79 Å². The number of rotatable bonds is 5. The number of hydrogen-bond acceptors (Lipinski definition) is 5. The van der Waals surface area contributed by atoms with Gasteiger partial charge in [0.25, 0.3) is 5.91 Å². The number of halogens is 3. The van der Waals surface area contributed by atoms with E-state index < -0.39 is 23.6 Å². The molecule has 162 valence electrons. The standard InChI is InChI=1S/C20H22F3N3O3S/c1-19(2)6-5-14-13(8-19)15(18(28)29)17(30-14)26-16(27)12-7-11(20(21,22)23)4-3-10(12)9-25-24/h3-4,7,25H,5-6,8-9,24H2,1-2H3,(H,26,27)(H,28,29). The number of hydrazine groups is 1. The van der Waals surface area contributed by atoms with Crippen molar-refractivity contribution in [1.29, 1.82) is 0 Å². The van der Waals surface area contributed by atoms with Crippen molar-refractivity contribution in [3.8, 4) is 0 Å². The highest BCUT2D eigenvalue weighted by atomic mass is 32.1. The highest BCUT2D eigenvalue weighted by molar-refractivity contribution is 7.17. The van der Waals surface area contributed by atoms with Crippen LogP contribution < -0.4 is 16.6 Å². The van der Waals surface area contributed by atoms with Crippen LogP contribution in [0.2, 0.25) is 0 Å². The lowest BCUT2D eigenvalue weighted by Crippen LogP contribution is -2.24. The van der Waals surface area contributed by atoms with E-state index in [1.807, 2.05) is 13.8 Å². The molecule has 1 aliphatic carbocycles.